The topological polar surface area (TPSA) is 50.8 Å². The van der Waals surface area contributed by atoms with Crippen LogP contribution in [0.4, 0.5) is 0 Å². The molecule has 1 atom stereocenters. The van der Waals surface area contributed by atoms with Gasteiger partial charge in [0.1, 0.15) is 0 Å². The number of amides is 1. The second kappa shape index (κ2) is 7.00. The van der Waals surface area contributed by atoms with Crippen LogP contribution in [-0.4, -0.2) is 50.7 Å². The highest BCUT2D eigenvalue weighted by Crippen LogP contribution is 2.36. The molecule has 116 valence electrons. The number of likely N-dealkylation sites (N-methyl/N-ethyl adjacent to an activating group) is 1. The molecule has 1 fully saturated rings. The third kappa shape index (κ3) is 3.41. The first-order chi connectivity index (χ1) is 10.1. The van der Waals surface area contributed by atoms with Gasteiger partial charge in [0.25, 0.3) is 5.91 Å². The van der Waals surface area contributed by atoms with E-state index in [-0.39, 0.29) is 11.9 Å². The number of methoxy groups -OCH3 is 1. The number of nitrogens with zero attached hydrogens (tertiary/aromatic N) is 1. The summed E-state index contributed by atoms with van der Waals surface area (Å²) in [5.74, 6) is 0.890. The first-order valence-corrected chi connectivity index (χ1v) is 7.44. The minimum absolute atomic E-state index is 0.0630. The predicted molar refractivity (Wildman–Crippen MR) is 82.5 cm³/mol. The van der Waals surface area contributed by atoms with Crippen molar-refractivity contribution in [2.45, 2.75) is 19.4 Å². The number of halogens is 1. The third-order valence-electron chi connectivity index (χ3n) is 3.67. The van der Waals surface area contributed by atoms with E-state index in [0.717, 1.165) is 19.5 Å². The average Bonchev–Trinajstić information content (AvgIpc) is 3.01. The molecular formula is C15H21ClN2O3. The van der Waals surface area contributed by atoms with Gasteiger partial charge in [-0.05, 0) is 32.0 Å². The zero-order valence-corrected chi connectivity index (χ0v) is 13.4. The van der Waals surface area contributed by atoms with Gasteiger partial charge in [-0.3, -0.25) is 4.79 Å². The van der Waals surface area contributed by atoms with E-state index >= 15 is 0 Å². The van der Waals surface area contributed by atoms with Gasteiger partial charge in [-0.25, -0.2) is 0 Å². The van der Waals surface area contributed by atoms with Crippen LogP contribution in [0, 0.1) is 0 Å². The van der Waals surface area contributed by atoms with Crippen molar-refractivity contribution in [2.75, 3.05) is 33.9 Å². The van der Waals surface area contributed by atoms with Crippen LogP contribution in [0.25, 0.3) is 0 Å². The Kier molecular flexibility index (Phi) is 5.31. The highest BCUT2D eigenvalue weighted by Gasteiger charge is 2.25. The normalized spacial score (nSPS) is 17.6. The summed E-state index contributed by atoms with van der Waals surface area (Å²) in [5, 5.41) is 3.64. The van der Waals surface area contributed by atoms with Gasteiger partial charge in [-0.15, -0.1) is 0 Å². The summed E-state index contributed by atoms with van der Waals surface area (Å²) in [7, 11) is 3.35. The Morgan fingerprint density at radius 3 is 2.86 bits per heavy atom. The number of benzene rings is 1. The molecule has 1 aromatic carbocycles. The van der Waals surface area contributed by atoms with Crippen LogP contribution in [0.5, 0.6) is 11.5 Å². The Labute approximate surface area is 130 Å². The molecular weight excluding hydrogens is 292 g/mol. The van der Waals surface area contributed by atoms with Crippen molar-refractivity contribution in [1.29, 1.82) is 0 Å². The number of ether oxygens (including phenoxy) is 2. The first-order valence-electron chi connectivity index (χ1n) is 7.06. The van der Waals surface area contributed by atoms with Gasteiger partial charge in [0.2, 0.25) is 0 Å². The molecule has 1 amide bonds. The van der Waals surface area contributed by atoms with Crippen molar-refractivity contribution in [3.05, 3.63) is 22.7 Å². The van der Waals surface area contributed by atoms with Crippen LogP contribution in [0.1, 0.15) is 23.7 Å². The summed E-state index contributed by atoms with van der Waals surface area (Å²) >= 11 is 6.21. The van der Waals surface area contributed by atoms with E-state index in [0.29, 0.717) is 28.7 Å². The van der Waals surface area contributed by atoms with Crippen LogP contribution in [-0.2, 0) is 0 Å². The SMILES string of the molecule is CCOc1c(Cl)cc(C(=O)N(C)C2CCNC2)cc1OC. The van der Waals surface area contributed by atoms with Crippen molar-refractivity contribution in [3.63, 3.8) is 0 Å². The number of hydrogen-bond donors (Lipinski definition) is 1. The van der Waals surface area contributed by atoms with Crippen molar-refractivity contribution in [2.24, 2.45) is 0 Å². The standard InChI is InChI=1S/C15H21ClN2O3/c1-4-21-14-12(16)7-10(8-13(14)20-3)15(19)18(2)11-5-6-17-9-11/h7-8,11,17H,4-6,9H2,1-3H3. The molecule has 0 radical (unpaired) electrons. The number of carbonyl (C=O) groups is 1. The van der Waals surface area contributed by atoms with Gasteiger partial charge in [0, 0.05) is 25.2 Å². The summed E-state index contributed by atoms with van der Waals surface area (Å²) in [5.41, 5.74) is 0.509. The minimum atomic E-state index is -0.0630. The van der Waals surface area contributed by atoms with E-state index in [1.807, 2.05) is 14.0 Å². The van der Waals surface area contributed by atoms with Gasteiger partial charge in [0.15, 0.2) is 11.5 Å². The highest BCUT2D eigenvalue weighted by molar-refractivity contribution is 6.32. The molecule has 1 N–H and O–H groups in total. The quantitative estimate of drug-likeness (QED) is 0.905. The minimum Gasteiger partial charge on any atom is -0.493 e. The molecule has 5 nitrogen and oxygen atoms in total. The fraction of sp³-hybridized carbons (Fsp3) is 0.533. The molecule has 1 heterocycles. The van der Waals surface area contributed by atoms with Gasteiger partial charge in [-0.2, -0.15) is 0 Å². The summed E-state index contributed by atoms with van der Waals surface area (Å²) in [6, 6.07) is 3.53. The Morgan fingerprint density at radius 2 is 2.29 bits per heavy atom. The van der Waals surface area contributed by atoms with Crippen molar-refractivity contribution in [1.82, 2.24) is 10.2 Å². The lowest BCUT2D eigenvalue weighted by Gasteiger charge is -2.24. The monoisotopic (exact) mass is 312 g/mol. The number of carbonyl (C=O) groups excluding carboxylic acids is 1. The molecule has 1 saturated heterocycles. The molecule has 1 aliphatic rings. The maximum absolute atomic E-state index is 12.6. The van der Waals surface area contributed by atoms with Crippen LogP contribution < -0.4 is 14.8 Å². The summed E-state index contributed by atoms with van der Waals surface area (Å²) in [6.07, 6.45) is 0.962. The van der Waals surface area contributed by atoms with Crippen LogP contribution >= 0.6 is 11.6 Å². The molecule has 0 bridgehead atoms. The van der Waals surface area contributed by atoms with Crippen LogP contribution in [0.15, 0.2) is 12.1 Å². The second-order valence-corrected chi connectivity index (χ2v) is 5.39. The number of nitrogens with one attached hydrogen (secondary N) is 1. The lowest BCUT2D eigenvalue weighted by atomic mass is 10.1. The average molecular weight is 313 g/mol. The predicted octanol–water partition coefficient (Wildman–Crippen LogP) is 2.18. The summed E-state index contributed by atoms with van der Waals surface area (Å²) in [6.45, 7) is 4.12. The van der Waals surface area contributed by atoms with Crippen molar-refractivity contribution in [3.8, 4) is 11.5 Å². The van der Waals surface area contributed by atoms with E-state index in [2.05, 4.69) is 5.32 Å². The molecule has 1 unspecified atom stereocenters. The van der Waals surface area contributed by atoms with E-state index in [9.17, 15) is 4.79 Å². The molecule has 6 heteroatoms. The summed E-state index contributed by atoms with van der Waals surface area (Å²) in [4.78, 5) is 14.3. The maximum atomic E-state index is 12.6. The largest absolute Gasteiger partial charge is 0.493 e. The van der Waals surface area contributed by atoms with Crippen LogP contribution in [0.3, 0.4) is 0 Å². The highest BCUT2D eigenvalue weighted by atomic mass is 35.5. The fourth-order valence-electron chi connectivity index (χ4n) is 2.47. The molecule has 21 heavy (non-hydrogen) atoms. The number of rotatable bonds is 5. The maximum Gasteiger partial charge on any atom is 0.254 e. The summed E-state index contributed by atoms with van der Waals surface area (Å²) < 4.78 is 10.7. The van der Waals surface area contributed by atoms with Crippen LogP contribution in [0.2, 0.25) is 5.02 Å². The smallest absolute Gasteiger partial charge is 0.254 e. The zero-order chi connectivity index (χ0) is 15.4. The van der Waals surface area contributed by atoms with Crippen molar-refractivity contribution < 1.29 is 14.3 Å². The molecule has 0 aliphatic carbocycles. The molecule has 1 aromatic rings. The lowest BCUT2D eigenvalue weighted by Crippen LogP contribution is -2.38. The zero-order valence-electron chi connectivity index (χ0n) is 12.6. The van der Waals surface area contributed by atoms with Gasteiger partial charge in [-0.1, -0.05) is 11.6 Å². The fourth-order valence-corrected chi connectivity index (χ4v) is 2.73. The Hall–Kier alpha value is -1.46. The molecule has 1 aliphatic heterocycles. The Bertz CT molecular complexity index is 516. The first kappa shape index (κ1) is 15.9. The van der Waals surface area contributed by atoms with Gasteiger partial charge in [0.05, 0.1) is 18.7 Å². The van der Waals surface area contributed by atoms with Gasteiger partial charge >= 0.3 is 0 Å². The lowest BCUT2D eigenvalue weighted by molar-refractivity contribution is 0.0743. The van der Waals surface area contributed by atoms with E-state index < -0.39 is 0 Å². The Balaban J connectivity index is 2.26. The van der Waals surface area contributed by atoms with Gasteiger partial charge < -0.3 is 19.7 Å². The number of hydrogen-bond acceptors (Lipinski definition) is 4. The second-order valence-electron chi connectivity index (χ2n) is 4.99. The molecule has 2 rings (SSSR count). The van der Waals surface area contributed by atoms with Crippen molar-refractivity contribution >= 4 is 17.5 Å². The molecule has 0 spiro atoms. The molecule has 0 aromatic heterocycles. The molecule has 0 saturated carbocycles. The van der Waals surface area contributed by atoms with E-state index in [1.54, 1.807) is 17.0 Å². The van der Waals surface area contributed by atoms with E-state index in [1.165, 1.54) is 7.11 Å². The third-order valence-corrected chi connectivity index (χ3v) is 3.95. The Morgan fingerprint density at radius 1 is 1.52 bits per heavy atom. The van der Waals surface area contributed by atoms with E-state index in [4.69, 9.17) is 21.1 Å².